The Morgan fingerprint density at radius 3 is 2.51 bits per heavy atom. The van der Waals surface area contributed by atoms with Gasteiger partial charge in [-0.15, -0.1) is 0 Å². The summed E-state index contributed by atoms with van der Waals surface area (Å²) < 4.78 is 48.8. The van der Waals surface area contributed by atoms with Crippen LogP contribution in [0.3, 0.4) is 0 Å². The molecule has 2 aromatic carbocycles. The van der Waals surface area contributed by atoms with Gasteiger partial charge in [-0.2, -0.15) is 18.2 Å². The lowest BCUT2D eigenvalue weighted by atomic mass is 10.1. The maximum atomic E-state index is 13.2. The van der Waals surface area contributed by atoms with E-state index in [1.165, 1.54) is 6.07 Å². The molecular formula is C25H21F3N6O. The highest BCUT2D eigenvalue weighted by molar-refractivity contribution is 5.92. The molecule has 0 radical (unpaired) electrons. The fraction of sp³-hybridized carbons (Fsp3) is 0.160. The number of nitrogens with zero attached hydrogens (tertiary/aromatic N) is 5. The molecule has 0 saturated carbocycles. The van der Waals surface area contributed by atoms with Gasteiger partial charge >= 0.3 is 6.18 Å². The SMILES string of the molecule is COc1nc(Nc2cccc3c2nc(-c2cccc(C(F)(F)F)c2)n3C)ccc1-n1cnc(C)c1. The van der Waals surface area contributed by atoms with Crippen LogP contribution in [0.15, 0.2) is 67.1 Å². The molecule has 0 spiro atoms. The molecule has 0 unspecified atom stereocenters. The van der Waals surface area contributed by atoms with Crippen LogP contribution in [-0.4, -0.2) is 31.2 Å². The van der Waals surface area contributed by atoms with Crippen molar-refractivity contribution >= 4 is 22.5 Å². The van der Waals surface area contributed by atoms with E-state index in [1.807, 2.05) is 48.0 Å². The third kappa shape index (κ3) is 4.18. The highest BCUT2D eigenvalue weighted by Gasteiger charge is 2.30. The van der Waals surface area contributed by atoms with Crippen molar-refractivity contribution < 1.29 is 17.9 Å². The van der Waals surface area contributed by atoms with Crippen molar-refractivity contribution in [2.75, 3.05) is 12.4 Å². The Morgan fingerprint density at radius 2 is 1.80 bits per heavy atom. The fourth-order valence-electron chi connectivity index (χ4n) is 3.95. The minimum atomic E-state index is -4.43. The number of anilines is 2. The third-order valence-corrected chi connectivity index (χ3v) is 5.65. The maximum absolute atomic E-state index is 13.2. The molecule has 7 nitrogen and oxygen atoms in total. The average molecular weight is 478 g/mol. The Kier molecular flexibility index (Phi) is 5.43. The highest BCUT2D eigenvalue weighted by Crippen LogP contribution is 2.34. The van der Waals surface area contributed by atoms with Gasteiger partial charge < -0.3 is 19.2 Å². The lowest BCUT2D eigenvalue weighted by Crippen LogP contribution is -2.05. The Balaban J connectivity index is 1.53. The topological polar surface area (TPSA) is 69.8 Å². The van der Waals surface area contributed by atoms with Crippen molar-refractivity contribution in [3.8, 4) is 23.0 Å². The number of pyridine rings is 1. The lowest BCUT2D eigenvalue weighted by Gasteiger charge is -2.11. The summed E-state index contributed by atoms with van der Waals surface area (Å²) >= 11 is 0. The minimum Gasteiger partial charge on any atom is -0.479 e. The van der Waals surface area contributed by atoms with E-state index >= 15 is 0 Å². The summed E-state index contributed by atoms with van der Waals surface area (Å²) in [5.41, 5.74) is 3.30. The van der Waals surface area contributed by atoms with Crippen molar-refractivity contribution in [1.29, 1.82) is 0 Å². The molecule has 0 aliphatic rings. The normalized spacial score (nSPS) is 11.7. The molecule has 178 valence electrons. The van der Waals surface area contributed by atoms with Crippen LogP contribution >= 0.6 is 0 Å². The molecule has 0 bridgehead atoms. The van der Waals surface area contributed by atoms with Crippen LogP contribution in [-0.2, 0) is 13.2 Å². The van der Waals surface area contributed by atoms with Crippen LogP contribution in [0.25, 0.3) is 28.1 Å². The van der Waals surface area contributed by atoms with Crippen LogP contribution in [0.4, 0.5) is 24.7 Å². The van der Waals surface area contributed by atoms with E-state index in [2.05, 4.69) is 20.3 Å². The van der Waals surface area contributed by atoms with E-state index in [-0.39, 0.29) is 0 Å². The summed E-state index contributed by atoms with van der Waals surface area (Å²) in [5, 5.41) is 3.26. The molecule has 3 heterocycles. The van der Waals surface area contributed by atoms with E-state index in [9.17, 15) is 13.2 Å². The number of methoxy groups -OCH3 is 1. The number of nitrogens with one attached hydrogen (secondary N) is 1. The molecule has 0 amide bonds. The van der Waals surface area contributed by atoms with Gasteiger partial charge in [0.15, 0.2) is 0 Å². The van der Waals surface area contributed by atoms with Crippen molar-refractivity contribution in [2.45, 2.75) is 13.1 Å². The molecule has 35 heavy (non-hydrogen) atoms. The van der Waals surface area contributed by atoms with E-state index < -0.39 is 11.7 Å². The second-order valence-corrected chi connectivity index (χ2v) is 8.02. The van der Waals surface area contributed by atoms with Gasteiger partial charge in [0.05, 0.1) is 35.9 Å². The summed E-state index contributed by atoms with van der Waals surface area (Å²) in [6.45, 7) is 1.90. The first kappa shape index (κ1) is 22.5. The van der Waals surface area contributed by atoms with Crippen molar-refractivity contribution in [1.82, 2.24) is 24.1 Å². The number of hydrogen-bond donors (Lipinski definition) is 1. The van der Waals surface area contributed by atoms with Crippen LogP contribution in [0, 0.1) is 6.92 Å². The number of rotatable bonds is 5. The number of halogens is 3. The van der Waals surface area contributed by atoms with Crippen LogP contribution in [0.1, 0.15) is 11.3 Å². The minimum absolute atomic E-state index is 0.379. The van der Waals surface area contributed by atoms with Gasteiger partial charge in [0.25, 0.3) is 0 Å². The first-order chi connectivity index (χ1) is 16.7. The number of aryl methyl sites for hydroxylation is 2. The van der Waals surface area contributed by atoms with Gasteiger partial charge in [0, 0.05) is 18.8 Å². The van der Waals surface area contributed by atoms with Gasteiger partial charge in [-0.1, -0.05) is 18.2 Å². The molecule has 5 rings (SSSR count). The largest absolute Gasteiger partial charge is 0.479 e. The summed E-state index contributed by atoms with van der Waals surface area (Å²) in [4.78, 5) is 13.5. The third-order valence-electron chi connectivity index (χ3n) is 5.65. The molecule has 0 aliphatic carbocycles. The first-order valence-electron chi connectivity index (χ1n) is 10.7. The van der Waals surface area contributed by atoms with Crippen molar-refractivity contribution in [3.63, 3.8) is 0 Å². The Morgan fingerprint density at radius 1 is 1.00 bits per heavy atom. The van der Waals surface area contributed by atoms with Gasteiger partial charge in [0.2, 0.25) is 5.88 Å². The Labute approximate surface area is 198 Å². The number of alkyl halides is 3. The quantitative estimate of drug-likeness (QED) is 0.341. The maximum Gasteiger partial charge on any atom is 0.416 e. The number of fused-ring (bicyclic) bond motifs is 1. The zero-order chi connectivity index (χ0) is 24.7. The molecule has 10 heteroatoms. The molecular weight excluding hydrogens is 457 g/mol. The summed E-state index contributed by atoms with van der Waals surface area (Å²) in [7, 11) is 3.32. The number of hydrogen-bond acceptors (Lipinski definition) is 5. The highest BCUT2D eigenvalue weighted by atomic mass is 19.4. The molecule has 5 aromatic rings. The second-order valence-electron chi connectivity index (χ2n) is 8.02. The summed E-state index contributed by atoms with van der Waals surface area (Å²) in [5.74, 6) is 1.36. The predicted molar refractivity (Wildman–Crippen MR) is 127 cm³/mol. The standard InChI is InChI=1S/C25H21F3N6O/c1-15-13-34(14-29-15)20-10-11-21(31-24(20)35-3)30-18-8-5-9-19-22(18)32-23(33(19)2)16-6-4-7-17(12-16)25(26,27)28/h4-14H,1-3H3,(H,30,31). The zero-order valence-electron chi connectivity index (χ0n) is 19.1. The number of imidazole rings is 2. The second kappa shape index (κ2) is 8.46. The van der Waals surface area contributed by atoms with Gasteiger partial charge in [-0.05, 0) is 43.3 Å². The molecule has 0 fully saturated rings. The van der Waals surface area contributed by atoms with Crippen molar-refractivity contribution in [2.24, 2.45) is 7.05 Å². The number of aromatic nitrogens is 5. The van der Waals surface area contributed by atoms with Gasteiger partial charge in [-0.25, -0.2) is 9.97 Å². The van der Waals surface area contributed by atoms with E-state index in [1.54, 1.807) is 31.1 Å². The first-order valence-corrected chi connectivity index (χ1v) is 10.7. The monoisotopic (exact) mass is 478 g/mol. The van der Waals surface area contributed by atoms with E-state index in [0.29, 0.717) is 34.3 Å². The Hall–Kier alpha value is -4.34. The van der Waals surface area contributed by atoms with Crippen molar-refractivity contribution in [3.05, 3.63) is 78.4 Å². The average Bonchev–Trinajstić information content (AvgIpc) is 3.42. The van der Waals surface area contributed by atoms with E-state index in [0.717, 1.165) is 29.0 Å². The molecule has 0 aliphatic heterocycles. The van der Waals surface area contributed by atoms with E-state index in [4.69, 9.17) is 4.74 Å². The zero-order valence-corrected chi connectivity index (χ0v) is 19.1. The smallest absolute Gasteiger partial charge is 0.416 e. The molecule has 0 atom stereocenters. The summed E-state index contributed by atoms with van der Waals surface area (Å²) in [6, 6.07) is 14.4. The lowest BCUT2D eigenvalue weighted by molar-refractivity contribution is -0.137. The van der Waals surface area contributed by atoms with Crippen LogP contribution < -0.4 is 10.1 Å². The molecule has 3 aromatic heterocycles. The summed E-state index contributed by atoms with van der Waals surface area (Å²) in [6.07, 6.45) is -0.873. The van der Waals surface area contributed by atoms with Gasteiger partial charge in [-0.3, -0.25) is 0 Å². The predicted octanol–water partition coefficient (Wildman–Crippen LogP) is 5.90. The van der Waals surface area contributed by atoms with Gasteiger partial charge in [0.1, 0.15) is 22.8 Å². The molecule has 0 saturated heterocycles. The molecule has 1 N–H and O–H groups in total. The number of ether oxygens (including phenoxy) is 1. The number of para-hydroxylation sites is 1. The fourth-order valence-corrected chi connectivity index (χ4v) is 3.95. The van der Waals surface area contributed by atoms with Crippen LogP contribution in [0.5, 0.6) is 5.88 Å². The number of benzene rings is 2. The van der Waals surface area contributed by atoms with Crippen LogP contribution in [0.2, 0.25) is 0 Å². The Bertz CT molecular complexity index is 1540.